The summed E-state index contributed by atoms with van der Waals surface area (Å²) < 4.78 is 16.3. The second kappa shape index (κ2) is 17.4. The molecule has 0 radical (unpaired) electrons. The first kappa shape index (κ1) is 28.7. The Hall–Kier alpha value is -0.340. The summed E-state index contributed by atoms with van der Waals surface area (Å²) in [6.45, 7) is 4.09. The predicted octanol–water partition coefficient (Wildman–Crippen LogP) is 3.65. The van der Waals surface area contributed by atoms with E-state index in [1.165, 1.54) is 32.1 Å². The number of hydrogen-bond acceptors (Lipinski definition) is 6. The van der Waals surface area contributed by atoms with Gasteiger partial charge in [-0.3, -0.25) is 9.32 Å². The molecule has 29 heavy (non-hydrogen) atoms. The molecule has 0 aromatic carbocycles. The van der Waals surface area contributed by atoms with E-state index in [2.05, 4.69) is 6.92 Å². The maximum Gasteiger partial charge on any atom is 0.330 e. The number of aliphatic hydroxyl groups is 1. The molecule has 0 heterocycles. The van der Waals surface area contributed by atoms with Crippen LogP contribution in [0.15, 0.2) is 0 Å². The van der Waals surface area contributed by atoms with Gasteiger partial charge in [0.15, 0.2) is 6.10 Å². The van der Waals surface area contributed by atoms with E-state index in [9.17, 15) is 14.8 Å². The number of hydrogen-bond donors (Lipinski definition) is 3. The van der Waals surface area contributed by atoms with E-state index >= 15 is 0 Å². The van der Waals surface area contributed by atoms with Crippen molar-refractivity contribution in [3.63, 3.8) is 0 Å². The van der Waals surface area contributed by atoms with Crippen LogP contribution in [-0.4, -0.2) is 78.9 Å². The van der Waals surface area contributed by atoms with E-state index in [0.29, 0.717) is 6.61 Å². The van der Waals surface area contributed by atoms with Crippen LogP contribution >= 0.6 is 8.60 Å². The van der Waals surface area contributed by atoms with Gasteiger partial charge in [-0.15, -0.1) is 0 Å². The highest BCUT2D eigenvalue weighted by atomic mass is 31.2. The largest absolute Gasteiger partial charge is 0.481 e. The Kier molecular flexibility index (Phi) is 17.1. The second-order valence-corrected chi connectivity index (χ2v) is 9.23. The zero-order chi connectivity index (χ0) is 22.1. The van der Waals surface area contributed by atoms with Crippen LogP contribution < -0.4 is 0 Å². The summed E-state index contributed by atoms with van der Waals surface area (Å²) in [6.07, 6.45) is 7.63. The minimum absolute atomic E-state index is 0.0971. The Morgan fingerprint density at radius 1 is 0.931 bits per heavy atom. The van der Waals surface area contributed by atoms with Gasteiger partial charge in [-0.25, -0.2) is 0 Å². The molecule has 0 spiro atoms. The summed E-state index contributed by atoms with van der Waals surface area (Å²) in [5.74, 6) is -1.10. The lowest BCUT2D eigenvalue weighted by atomic mass is 10.1. The molecule has 9 heteroatoms. The maximum absolute atomic E-state index is 11.0. The summed E-state index contributed by atoms with van der Waals surface area (Å²) in [6, 6.07) is 0. The van der Waals surface area contributed by atoms with Gasteiger partial charge in [0.1, 0.15) is 0 Å². The van der Waals surface area contributed by atoms with Crippen molar-refractivity contribution < 1.29 is 38.2 Å². The van der Waals surface area contributed by atoms with Gasteiger partial charge in [-0.1, -0.05) is 39.0 Å². The number of ether oxygens (including phenoxy) is 1. The maximum atomic E-state index is 11.0. The van der Waals surface area contributed by atoms with Crippen molar-refractivity contribution in [2.24, 2.45) is 0 Å². The van der Waals surface area contributed by atoms with Crippen LogP contribution in [0.3, 0.4) is 0 Å². The first-order chi connectivity index (χ1) is 13.7. The van der Waals surface area contributed by atoms with Crippen molar-refractivity contribution >= 4 is 14.6 Å². The highest BCUT2D eigenvalue weighted by molar-refractivity contribution is 7.40. The van der Waals surface area contributed by atoms with Crippen LogP contribution in [0.25, 0.3) is 0 Å². The number of quaternary nitrogens is 1. The minimum atomic E-state index is -2.23. The van der Waals surface area contributed by atoms with Crippen LogP contribution in [0.1, 0.15) is 71.1 Å². The van der Waals surface area contributed by atoms with Crippen LogP contribution in [0.5, 0.6) is 0 Å². The van der Waals surface area contributed by atoms with E-state index in [-0.39, 0.29) is 4.48 Å². The summed E-state index contributed by atoms with van der Waals surface area (Å²) >= 11 is 0. The number of carbonyl (C=O) groups is 1. The molecule has 3 unspecified atom stereocenters. The Morgan fingerprint density at radius 3 is 2.00 bits per heavy atom. The standard InChI is InChI=1S/C20H42NO7P/c1-5-6-7-8-9-11-14-26-15-12-10-13-16-27-29(25)28-18(17-19(22)23)20(24)21(2,3)4/h18,20,24-25H,5-17H2,1-4H3/p+1. The molecule has 0 aliphatic heterocycles. The molecule has 174 valence electrons. The van der Waals surface area contributed by atoms with E-state index in [0.717, 1.165) is 38.9 Å². The van der Waals surface area contributed by atoms with Gasteiger partial charge in [0.25, 0.3) is 0 Å². The molecule has 0 rings (SSSR count). The normalized spacial score (nSPS) is 15.2. The van der Waals surface area contributed by atoms with E-state index in [1.54, 1.807) is 21.1 Å². The Balaban J connectivity index is 3.76. The molecular formula is C20H43NO7P+. The fourth-order valence-electron chi connectivity index (χ4n) is 2.73. The van der Waals surface area contributed by atoms with Crippen molar-refractivity contribution in [2.45, 2.75) is 83.5 Å². The lowest BCUT2D eigenvalue weighted by Crippen LogP contribution is -2.52. The number of unbranched alkanes of at least 4 members (excludes halogenated alkanes) is 7. The van der Waals surface area contributed by atoms with Gasteiger partial charge in [-0.05, 0) is 25.7 Å². The smallest absolute Gasteiger partial charge is 0.330 e. The third kappa shape index (κ3) is 17.1. The molecule has 0 bridgehead atoms. The molecule has 0 saturated carbocycles. The minimum Gasteiger partial charge on any atom is -0.481 e. The number of carboxylic acid groups (broad SMARTS) is 1. The first-order valence-corrected chi connectivity index (χ1v) is 11.9. The monoisotopic (exact) mass is 440 g/mol. The Labute approximate surface area is 177 Å². The predicted molar refractivity (Wildman–Crippen MR) is 114 cm³/mol. The molecule has 0 aliphatic rings. The molecule has 0 aromatic heterocycles. The van der Waals surface area contributed by atoms with Crippen LogP contribution in [0, 0.1) is 0 Å². The fraction of sp³-hybridized carbons (Fsp3) is 0.950. The highest BCUT2D eigenvalue weighted by Crippen LogP contribution is 2.37. The van der Waals surface area contributed by atoms with Gasteiger partial charge in [0, 0.05) is 13.2 Å². The Bertz CT molecular complexity index is 407. The van der Waals surface area contributed by atoms with Crippen LogP contribution in [0.2, 0.25) is 0 Å². The molecule has 0 aliphatic carbocycles. The fourth-order valence-corrected chi connectivity index (χ4v) is 3.49. The van der Waals surface area contributed by atoms with Crippen molar-refractivity contribution in [3.05, 3.63) is 0 Å². The van der Waals surface area contributed by atoms with E-state index in [1.807, 2.05) is 0 Å². The van der Waals surface area contributed by atoms with Gasteiger partial charge in [0.2, 0.25) is 6.23 Å². The molecular weight excluding hydrogens is 397 g/mol. The van der Waals surface area contributed by atoms with Crippen LogP contribution in [-0.2, 0) is 18.6 Å². The lowest BCUT2D eigenvalue weighted by Gasteiger charge is -2.34. The number of aliphatic hydroxyl groups excluding tert-OH is 1. The summed E-state index contributed by atoms with van der Waals surface area (Å²) in [4.78, 5) is 20.9. The zero-order valence-electron chi connectivity index (χ0n) is 18.7. The number of likely N-dealkylation sites (N-methyl/N-ethyl adjacent to an activating group) is 1. The van der Waals surface area contributed by atoms with Gasteiger partial charge >= 0.3 is 14.6 Å². The molecule has 0 aromatic rings. The quantitative estimate of drug-likeness (QED) is 0.115. The average molecular weight is 441 g/mol. The van der Waals surface area contributed by atoms with Crippen LogP contribution in [0.4, 0.5) is 0 Å². The summed E-state index contributed by atoms with van der Waals surface area (Å²) in [5, 5.41) is 19.2. The van der Waals surface area contributed by atoms with Gasteiger partial charge in [0.05, 0.1) is 34.2 Å². The van der Waals surface area contributed by atoms with Gasteiger partial charge in [-0.2, -0.15) is 0 Å². The number of carboxylic acids is 1. The first-order valence-electron chi connectivity index (χ1n) is 10.8. The molecule has 0 saturated heterocycles. The van der Waals surface area contributed by atoms with E-state index in [4.69, 9.17) is 18.9 Å². The topological polar surface area (TPSA) is 105 Å². The SMILES string of the molecule is CCCCCCCCOCCCCCOP(O)OC(CC(=O)O)C(O)[N+](C)(C)C. The lowest BCUT2D eigenvalue weighted by molar-refractivity contribution is -0.922. The molecule has 3 atom stereocenters. The number of nitrogens with zero attached hydrogens (tertiary/aromatic N) is 1. The van der Waals surface area contributed by atoms with E-state index < -0.39 is 33.3 Å². The molecule has 0 fully saturated rings. The Morgan fingerprint density at radius 2 is 1.45 bits per heavy atom. The van der Waals surface area contributed by atoms with Crippen molar-refractivity contribution in [1.82, 2.24) is 0 Å². The molecule has 8 nitrogen and oxygen atoms in total. The van der Waals surface area contributed by atoms with Gasteiger partial charge < -0.3 is 28.9 Å². The second-order valence-electron chi connectivity index (χ2n) is 8.28. The average Bonchev–Trinajstić information content (AvgIpc) is 2.63. The number of rotatable bonds is 20. The summed E-state index contributed by atoms with van der Waals surface area (Å²) in [7, 11) is 2.93. The third-order valence-electron chi connectivity index (χ3n) is 4.50. The van der Waals surface area contributed by atoms with Crippen molar-refractivity contribution in [2.75, 3.05) is 41.0 Å². The van der Waals surface area contributed by atoms with Crippen molar-refractivity contribution in [3.8, 4) is 0 Å². The molecule has 3 N–H and O–H groups in total. The van der Waals surface area contributed by atoms with Crippen molar-refractivity contribution in [1.29, 1.82) is 0 Å². The third-order valence-corrected chi connectivity index (χ3v) is 5.36. The number of aliphatic carboxylic acids is 1. The molecule has 0 amide bonds. The highest BCUT2D eigenvalue weighted by Gasteiger charge is 2.35. The zero-order valence-corrected chi connectivity index (χ0v) is 19.6. The summed E-state index contributed by atoms with van der Waals surface area (Å²) in [5.41, 5.74) is 0.